The molecule has 0 radical (unpaired) electrons. The van der Waals surface area contributed by atoms with Gasteiger partial charge >= 0.3 is 0 Å². The molecule has 0 heterocycles. The van der Waals surface area contributed by atoms with Crippen molar-refractivity contribution in [3.8, 4) is 29.2 Å². The molecule has 0 amide bonds. The number of benzene rings is 2. The minimum absolute atomic E-state index is 0.0814. The number of hydrogen-bond donors (Lipinski definition) is 0. The Morgan fingerprint density at radius 3 is 2.53 bits per heavy atom. The van der Waals surface area contributed by atoms with Crippen molar-refractivity contribution < 1.29 is 4.74 Å². The zero-order chi connectivity index (χ0) is 13.8. The molecular formula is C18H18O. The molecule has 2 rings (SSSR count). The van der Waals surface area contributed by atoms with E-state index in [0.29, 0.717) is 0 Å². The lowest BCUT2D eigenvalue weighted by Crippen LogP contribution is -1.94. The molecule has 0 aliphatic rings. The van der Waals surface area contributed by atoms with Gasteiger partial charge in [0.2, 0.25) is 0 Å². The van der Waals surface area contributed by atoms with Crippen LogP contribution in [0.15, 0.2) is 42.5 Å². The normalized spacial score (nSPS) is 11.7. The fourth-order valence-corrected chi connectivity index (χ4v) is 2.14. The summed E-state index contributed by atoms with van der Waals surface area (Å²) >= 11 is 0. The maximum Gasteiger partial charge on any atom is 0.119 e. The van der Waals surface area contributed by atoms with Gasteiger partial charge in [-0.2, -0.15) is 0 Å². The molecule has 1 heteroatoms. The van der Waals surface area contributed by atoms with E-state index in [0.717, 1.165) is 16.9 Å². The van der Waals surface area contributed by atoms with Crippen molar-refractivity contribution in [3.63, 3.8) is 0 Å². The second-order valence-corrected chi connectivity index (χ2v) is 4.70. The van der Waals surface area contributed by atoms with Gasteiger partial charge in [0.15, 0.2) is 0 Å². The van der Waals surface area contributed by atoms with Crippen molar-refractivity contribution in [1.82, 2.24) is 0 Å². The van der Waals surface area contributed by atoms with Gasteiger partial charge in [0.05, 0.1) is 7.11 Å². The summed E-state index contributed by atoms with van der Waals surface area (Å²) in [6.07, 6.45) is 5.52. The minimum atomic E-state index is 0.0814. The Morgan fingerprint density at radius 2 is 1.89 bits per heavy atom. The van der Waals surface area contributed by atoms with Gasteiger partial charge in [0, 0.05) is 5.92 Å². The van der Waals surface area contributed by atoms with E-state index in [1.165, 1.54) is 11.1 Å². The van der Waals surface area contributed by atoms with E-state index < -0.39 is 0 Å². The first kappa shape index (κ1) is 13.2. The Bertz CT molecular complexity index is 620. The molecule has 96 valence electrons. The second kappa shape index (κ2) is 5.63. The van der Waals surface area contributed by atoms with E-state index in [1.807, 2.05) is 25.1 Å². The van der Waals surface area contributed by atoms with Crippen LogP contribution >= 0.6 is 0 Å². The molecule has 0 aliphatic carbocycles. The van der Waals surface area contributed by atoms with Crippen molar-refractivity contribution in [3.05, 3.63) is 53.6 Å². The van der Waals surface area contributed by atoms with Crippen molar-refractivity contribution in [2.75, 3.05) is 7.11 Å². The van der Waals surface area contributed by atoms with E-state index in [4.69, 9.17) is 11.2 Å². The van der Waals surface area contributed by atoms with Crippen LogP contribution in [0.2, 0.25) is 0 Å². The van der Waals surface area contributed by atoms with Crippen molar-refractivity contribution in [2.45, 2.75) is 19.8 Å². The van der Waals surface area contributed by atoms with Gasteiger partial charge < -0.3 is 4.74 Å². The van der Waals surface area contributed by atoms with Gasteiger partial charge in [-0.1, -0.05) is 30.2 Å². The average Bonchev–Trinajstić information content (AvgIpc) is 2.46. The van der Waals surface area contributed by atoms with E-state index in [9.17, 15) is 0 Å². The second-order valence-electron chi connectivity index (χ2n) is 4.70. The molecule has 0 unspecified atom stereocenters. The SMILES string of the molecule is C#C[C@@H](C)c1cc(OC)cc(-c2ccccc2C)c1. The van der Waals surface area contributed by atoms with Crippen LogP contribution in [0.25, 0.3) is 11.1 Å². The van der Waals surface area contributed by atoms with Crippen LogP contribution in [0.5, 0.6) is 5.75 Å². The van der Waals surface area contributed by atoms with E-state index in [2.05, 4.69) is 37.1 Å². The molecule has 0 aliphatic heterocycles. The first-order valence-corrected chi connectivity index (χ1v) is 6.37. The van der Waals surface area contributed by atoms with Gasteiger partial charge in [0.25, 0.3) is 0 Å². The predicted molar refractivity (Wildman–Crippen MR) is 80.4 cm³/mol. The molecule has 0 saturated heterocycles. The summed E-state index contributed by atoms with van der Waals surface area (Å²) in [7, 11) is 1.68. The zero-order valence-electron chi connectivity index (χ0n) is 11.6. The number of methoxy groups -OCH3 is 1. The molecule has 0 aromatic heterocycles. The molecular weight excluding hydrogens is 232 g/mol. The maximum absolute atomic E-state index is 5.52. The van der Waals surface area contributed by atoms with Gasteiger partial charge in [-0.05, 0) is 54.3 Å². The molecule has 19 heavy (non-hydrogen) atoms. The van der Waals surface area contributed by atoms with E-state index in [1.54, 1.807) is 7.11 Å². The standard InChI is InChI=1S/C18H18O/c1-5-13(2)15-10-16(12-17(11-15)19-4)18-9-7-6-8-14(18)3/h1,6-13H,2-4H3/t13-/m1/s1. The molecule has 1 nitrogen and oxygen atoms in total. The molecule has 0 bridgehead atoms. The molecule has 0 fully saturated rings. The number of terminal acetylenes is 1. The lowest BCUT2D eigenvalue weighted by atomic mass is 9.94. The van der Waals surface area contributed by atoms with Gasteiger partial charge in [-0.25, -0.2) is 0 Å². The van der Waals surface area contributed by atoms with Gasteiger partial charge in [-0.15, -0.1) is 6.42 Å². The van der Waals surface area contributed by atoms with Crippen LogP contribution in [0.1, 0.15) is 24.0 Å². The lowest BCUT2D eigenvalue weighted by Gasteiger charge is -2.12. The molecule has 1 atom stereocenters. The van der Waals surface area contributed by atoms with Crippen molar-refractivity contribution >= 4 is 0 Å². The number of ether oxygens (including phenoxy) is 1. The van der Waals surface area contributed by atoms with Crippen molar-refractivity contribution in [2.24, 2.45) is 0 Å². The highest BCUT2D eigenvalue weighted by Crippen LogP contribution is 2.30. The highest BCUT2D eigenvalue weighted by atomic mass is 16.5. The maximum atomic E-state index is 5.52. The smallest absolute Gasteiger partial charge is 0.119 e. The summed E-state index contributed by atoms with van der Waals surface area (Å²) < 4.78 is 5.38. The fourth-order valence-electron chi connectivity index (χ4n) is 2.14. The Kier molecular flexibility index (Phi) is 3.92. The summed E-state index contributed by atoms with van der Waals surface area (Å²) in [5, 5.41) is 0. The number of hydrogen-bond acceptors (Lipinski definition) is 1. The van der Waals surface area contributed by atoms with Gasteiger partial charge in [0.1, 0.15) is 5.75 Å². The molecule has 0 saturated carbocycles. The summed E-state index contributed by atoms with van der Waals surface area (Å²) in [5.41, 5.74) is 4.72. The molecule has 2 aromatic rings. The Balaban J connectivity index is 2.58. The molecule has 2 aromatic carbocycles. The van der Waals surface area contributed by atoms with Crippen LogP contribution in [0.3, 0.4) is 0 Å². The zero-order valence-corrected chi connectivity index (χ0v) is 11.6. The van der Waals surface area contributed by atoms with Crippen LogP contribution in [0.4, 0.5) is 0 Å². The van der Waals surface area contributed by atoms with Crippen molar-refractivity contribution in [1.29, 1.82) is 0 Å². The van der Waals surface area contributed by atoms with Crippen LogP contribution in [-0.2, 0) is 0 Å². The Morgan fingerprint density at radius 1 is 1.16 bits per heavy atom. The lowest BCUT2D eigenvalue weighted by molar-refractivity contribution is 0.414. The van der Waals surface area contributed by atoms with E-state index in [-0.39, 0.29) is 5.92 Å². The van der Waals surface area contributed by atoms with Crippen LogP contribution in [0, 0.1) is 19.3 Å². The summed E-state index contributed by atoms with van der Waals surface area (Å²) in [6.45, 7) is 4.13. The van der Waals surface area contributed by atoms with Crippen LogP contribution in [-0.4, -0.2) is 7.11 Å². The topological polar surface area (TPSA) is 9.23 Å². The summed E-state index contributed by atoms with van der Waals surface area (Å²) in [4.78, 5) is 0. The number of rotatable bonds is 3. The predicted octanol–water partition coefficient (Wildman–Crippen LogP) is 4.41. The Hall–Kier alpha value is -2.20. The highest BCUT2D eigenvalue weighted by molar-refractivity contribution is 5.69. The Labute approximate surface area is 115 Å². The van der Waals surface area contributed by atoms with E-state index >= 15 is 0 Å². The molecule has 0 spiro atoms. The third kappa shape index (κ3) is 2.80. The monoisotopic (exact) mass is 250 g/mol. The van der Waals surface area contributed by atoms with Crippen LogP contribution < -0.4 is 4.74 Å². The fraction of sp³-hybridized carbons (Fsp3) is 0.222. The average molecular weight is 250 g/mol. The largest absolute Gasteiger partial charge is 0.497 e. The number of aryl methyl sites for hydroxylation is 1. The third-order valence-electron chi connectivity index (χ3n) is 3.37. The first-order chi connectivity index (χ1) is 9.15. The quantitative estimate of drug-likeness (QED) is 0.733. The first-order valence-electron chi connectivity index (χ1n) is 6.37. The summed E-state index contributed by atoms with van der Waals surface area (Å²) in [5.74, 6) is 3.70. The minimum Gasteiger partial charge on any atom is -0.497 e. The third-order valence-corrected chi connectivity index (χ3v) is 3.37. The molecule has 0 N–H and O–H groups in total. The van der Waals surface area contributed by atoms with Gasteiger partial charge in [-0.3, -0.25) is 0 Å². The summed E-state index contributed by atoms with van der Waals surface area (Å²) in [6, 6.07) is 14.5. The highest BCUT2D eigenvalue weighted by Gasteiger charge is 2.09.